The van der Waals surface area contributed by atoms with Crippen molar-refractivity contribution >= 4 is 23.6 Å². The number of aldehydes is 1. The molecular formula is C13H13F3N2O2. The largest absolute Gasteiger partial charge is 0.393 e. The van der Waals surface area contributed by atoms with Gasteiger partial charge in [-0.25, -0.2) is 0 Å². The number of rotatable bonds is 5. The molecule has 0 heterocycles. The van der Waals surface area contributed by atoms with Gasteiger partial charge in [-0.15, -0.1) is 0 Å². The average molecular weight is 286 g/mol. The first-order chi connectivity index (χ1) is 9.23. The summed E-state index contributed by atoms with van der Waals surface area (Å²) in [5.74, 6) is -1.97. The van der Waals surface area contributed by atoms with Crippen LogP contribution in [0.3, 0.4) is 0 Å². The Morgan fingerprint density at radius 3 is 2.60 bits per heavy atom. The first-order valence-electron chi connectivity index (χ1n) is 5.70. The highest BCUT2D eigenvalue weighted by Gasteiger charge is 2.27. The molecule has 1 unspecified atom stereocenters. The van der Waals surface area contributed by atoms with Gasteiger partial charge in [0.15, 0.2) is 0 Å². The highest BCUT2D eigenvalue weighted by atomic mass is 19.4. The monoisotopic (exact) mass is 286 g/mol. The van der Waals surface area contributed by atoms with E-state index in [-0.39, 0.29) is 17.0 Å². The van der Waals surface area contributed by atoms with Gasteiger partial charge in [-0.1, -0.05) is 12.1 Å². The highest BCUT2D eigenvalue weighted by Crippen LogP contribution is 2.23. The molecule has 20 heavy (non-hydrogen) atoms. The molecule has 0 radical (unpaired) electrons. The van der Waals surface area contributed by atoms with Gasteiger partial charge in [0.2, 0.25) is 5.91 Å². The van der Waals surface area contributed by atoms with Crippen LogP contribution in [-0.4, -0.2) is 24.1 Å². The van der Waals surface area contributed by atoms with Gasteiger partial charge in [0.05, 0.1) is 6.42 Å². The molecule has 0 fully saturated rings. The average Bonchev–Trinajstić information content (AvgIpc) is 2.27. The fourth-order valence-corrected chi connectivity index (χ4v) is 1.57. The normalized spacial score (nSPS) is 12.6. The van der Waals surface area contributed by atoms with Crippen molar-refractivity contribution in [2.24, 2.45) is 5.92 Å². The van der Waals surface area contributed by atoms with Gasteiger partial charge in [-0.05, 0) is 24.6 Å². The zero-order valence-corrected chi connectivity index (χ0v) is 10.6. The maximum Gasteiger partial charge on any atom is 0.393 e. The van der Waals surface area contributed by atoms with Crippen molar-refractivity contribution in [3.05, 3.63) is 29.8 Å². The van der Waals surface area contributed by atoms with Gasteiger partial charge in [-0.2, -0.15) is 13.2 Å². The summed E-state index contributed by atoms with van der Waals surface area (Å²) in [5, 5.41) is 9.59. The molecule has 1 amide bonds. The van der Waals surface area contributed by atoms with Crippen LogP contribution in [0.1, 0.15) is 12.5 Å². The van der Waals surface area contributed by atoms with Crippen molar-refractivity contribution in [1.82, 2.24) is 0 Å². The molecule has 0 aliphatic carbocycles. The standard InChI is InChI=1S/C13H13F3N2O2/c1-8(17)11(7-19)12(20)18-10-4-2-3-9(5-10)6-13(14,15)16/h2-5,7,11,17H,6H2,1H3,(H,18,20). The van der Waals surface area contributed by atoms with Crippen LogP contribution >= 0.6 is 0 Å². The SMILES string of the molecule is CC(=N)C(C=O)C(=O)Nc1cccc(CC(F)(F)F)c1. The maximum absolute atomic E-state index is 12.3. The van der Waals surface area contributed by atoms with Gasteiger partial charge < -0.3 is 15.5 Å². The summed E-state index contributed by atoms with van der Waals surface area (Å²) in [6.45, 7) is 1.30. The topological polar surface area (TPSA) is 70.0 Å². The molecule has 1 rings (SSSR count). The van der Waals surface area contributed by atoms with Crippen LogP contribution in [0, 0.1) is 11.3 Å². The number of alkyl halides is 3. The Hall–Kier alpha value is -2.18. The number of halogens is 3. The molecule has 1 atom stereocenters. The molecule has 0 aliphatic rings. The Morgan fingerprint density at radius 1 is 1.45 bits per heavy atom. The van der Waals surface area contributed by atoms with E-state index in [1.165, 1.54) is 31.2 Å². The smallest absolute Gasteiger partial charge is 0.325 e. The van der Waals surface area contributed by atoms with Gasteiger partial charge in [0.1, 0.15) is 12.2 Å². The minimum atomic E-state index is -4.33. The summed E-state index contributed by atoms with van der Waals surface area (Å²) in [4.78, 5) is 22.4. The van der Waals surface area contributed by atoms with E-state index < -0.39 is 24.4 Å². The second-order valence-corrected chi connectivity index (χ2v) is 4.28. The summed E-state index contributed by atoms with van der Waals surface area (Å²) in [5.41, 5.74) is 0.0262. The Bertz CT molecular complexity index is 527. The van der Waals surface area contributed by atoms with Gasteiger partial charge in [-0.3, -0.25) is 4.79 Å². The van der Waals surface area contributed by atoms with Crippen LogP contribution in [0.2, 0.25) is 0 Å². The number of hydrogen-bond acceptors (Lipinski definition) is 3. The fraction of sp³-hybridized carbons (Fsp3) is 0.308. The first kappa shape index (κ1) is 15.9. The van der Waals surface area contributed by atoms with E-state index in [9.17, 15) is 22.8 Å². The quantitative estimate of drug-likeness (QED) is 0.496. The number of amides is 1. The van der Waals surface area contributed by atoms with Crippen LogP contribution in [0.25, 0.3) is 0 Å². The van der Waals surface area contributed by atoms with Crippen LogP contribution in [0.15, 0.2) is 24.3 Å². The lowest BCUT2D eigenvalue weighted by Crippen LogP contribution is -2.29. The summed E-state index contributed by atoms with van der Waals surface area (Å²) < 4.78 is 36.8. The predicted octanol–water partition coefficient (Wildman–Crippen LogP) is 2.58. The Morgan fingerprint density at radius 2 is 2.10 bits per heavy atom. The van der Waals surface area contributed by atoms with Crippen molar-refractivity contribution in [1.29, 1.82) is 5.41 Å². The number of carbonyl (C=O) groups excluding carboxylic acids is 2. The van der Waals surface area contributed by atoms with Crippen LogP contribution in [0.4, 0.5) is 18.9 Å². The molecule has 0 saturated heterocycles. The molecule has 4 nitrogen and oxygen atoms in total. The fourth-order valence-electron chi connectivity index (χ4n) is 1.57. The van der Waals surface area contributed by atoms with E-state index in [0.717, 1.165) is 0 Å². The minimum absolute atomic E-state index is 0.00419. The van der Waals surface area contributed by atoms with E-state index >= 15 is 0 Å². The van der Waals surface area contributed by atoms with Crippen molar-refractivity contribution < 1.29 is 22.8 Å². The summed E-state index contributed by atoms with van der Waals surface area (Å²) in [7, 11) is 0. The Balaban J connectivity index is 2.83. The summed E-state index contributed by atoms with van der Waals surface area (Å²) in [6.07, 6.45) is -5.12. The molecule has 0 saturated carbocycles. The van der Waals surface area contributed by atoms with E-state index in [0.29, 0.717) is 6.29 Å². The van der Waals surface area contributed by atoms with Crippen LogP contribution in [0.5, 0.6) is 0 Å². The molecule has 0 spiro atoms. The van der Waals surface area contributed by atoms with Crippen molar-refractivity contribution in [2.75, 3.05) is 5.32 Å². The highest BCUT2D eigenvalue weighted by molar-refractivity contribution is 6.16. The molecule has 0 bridgehead atoms. The second kappa shape index (κ2) is 6.31. The lowest BCUT2D eigenvalue weighted by Gasteiger charge is -2.11. The maximum atomic E-state index is 12.3. The predicted molar refractivity (Wildman–Crippen MR) is 67.8 cm³/mol. The zero-order chi connectivity index (χ0) is 15.3. The van der Waals surface area contributed by atoms with E-state index in [1.54, 1.807) is 0 Å². The first-order valence-corrected chi connectivity index (χ1v) is 5.70. The third-order valence-electron chi connectivity index (χ3n) is 2.48. The number of anilines is 1. The molecule has 7 heteroatoms. The molecule has 108 valence electrons. The molecule has 0 aliphatic heterocycles. The second-order valence-electron chi connectivity index (χ2n) is 4.28. The van der Waals surface area contributed by atoms with Crippen LogP contribution in [-0.2, 0) is 16.0 Å². The summed E-state index contributed by atoms with van der Waals surface area (Å²) >= 11 is 0. The zero-order valence-electron chi connectivity index (χ0n) is 10.6. The lowest BCUT2D eigenvalue weighted by molar-refractivity contribution is -0.127. The van der Waals surface area contributed by atoms with Crippen molar-refractivity contribution in [3.8, 4) is 0 Å². The van der Waals surface area contributed by atoms with Crippen molar-refractivity contribution in [2.45, 2.75) is 19.5 Å². The number of hydrogen-bond donors (Lipinski definition) is 2. The third kappa shape index (κ3) is 4.83. The number of carbonyl (C=O) groups is 2. The van der Waals surface area contributed by atoms with Gasteiger partial charge in [0, 0.05) is 11.4 Å². The Labute approximate surface area is 113 Å². The minimum Gasteiger partial charge on any atom is -0.325 e. The molecule has 1 aromatic rings. The molecule has 2 N–H and O–H groups in total. The van der Waals surface area contributed by atoms with Crippen LogP contribution < -0.4 is 5.32 Å². The van der Waals surface area contributed by atoms with E-state index in [1.807, 2.05) is 0 Å². The lowest BCUT2D eigenvalue weighted by atomic mass is 10.1. The van der Waals surface area contributed by atoms with Gasteiger partial charge in [0.25, 0.3) is 0 Å². The number of benzene rings is 1. The van der Waals surface area contributed by atoms with Gasteiger partial charge >= 0.3 is 6.18 Å². The molecule has 1 aromatic carbocycles. The molecular weight excluding hydrogens is 273 g/mol. The Kier molecular flexibility index (Phi) is 5.01. The number of nitrogens with one attached hydrogen (secondary N) is 2. The third-order valence-corrected chi connectivity index (χ3v) is 2.48. The van der Waals surface area contributed by atoms with E-state index in [4.69, 9.17) is 5.41 Å². The molecule has 0 aromatic heterocycles. The van der Waals surface area contributed by atoms with Crippen molar-refractivity contribution in [3.63, 3.8) is 0 Å². The summed E-state index contributed by atoms with van der Waals surface area (Å²) in [6, 6.07) is 5.28. The van der Waals surface area contributed by atoms with E-state index in [2.05, 4.69) is 5.32 Å².